The zero-order valence-electron chi connectivity index (χ0n) is 7.14. The molecule has 0 radical (unpaired) electrons. The van der Waals surface area contributed by atoms with E-state index >= 15 is 0 Å². The van der Waals surface area contributed by atoms with Gasteiger partial charge in [-0.3, -0.25) is 4.98 Å². The summed E-state index contributed by atoms with van der Waals surface area (Å²) in [5.74, 6) is -2.09. The molecule has 0 saturated heterocycles. The molecule has 1 N–H and O–H groups in total. The van der Waals surface area contributed by atoms with Crippen molar-refractivity contribution in [3.63, 3.8) is 0 Å². The Morgan fingerprint density at radius 3 is 2.85 bits per heavy atom. The predicted molar refractivity (Wildman–Crippen MR) is 45.2 cm³/mol. The molecule has 3 nitrogen and oxygen atoms in total. The minimum atomic E-state index is -1.87. The van der Waals surface area contributed by atoms with Gasteiger partial charge in [0.25, 0.3) is 0 Å². The molecule has 0 saturated carbocycles. The number of carboxylic acid groups (broad SMARTS) is 1. The summed E-state index contributed by atoms with van der Waals surface area (Å²) in [6, 6.07) is 3.31. The highest BCUT2D eigenvalue weighted by atomic mass is 19.1. The molecule has 0 aromatic carbocycles. The number of halogens is 1. The van der Waals surface area contributed by atoms with Crippen molar-refractivity contribution in [2.75, 3.05) is 0 Å². The van der Waals surface area contributed by atoms with Gasteiger partial charge in [0, 0.05) is 18.3 Å². The van der Waals surface area contributed by atoms with Crippen molar-refractivity contribution >= 4 is 5.97 Å². The SMILES string of the molecule is CC(c1cccnc1)C(F)C(=O)O. The third kappa shape index (κ3) is 2.24. The maximum Gasteiger partial charge on any atom is 0.338 e. The van der Waals surface area contributed by atoms with Gasteiger partial charge in [0.2, 0.25) is 6.17 Å². The lowest BCUT2D eigenvalue weighted by Crippen LogP contribution is -2.21. The van der Waals surface area contributed by atoms with E-state index in [0.29, 0.717) is 5.56 Å². The number of hydrogen-bond donors (Lipinski definition) is 1. The zero-order chi connectivity index (χ0) is 9.84. The Bertz CT molecular complexity index is 289. The van der Waals surface area contributed by atoms with Crippen LogP contribution in [0.5, 0.6) is 0 Å². The monoisotopic (exact) mass is 183 g/mol. The van der Waals surface area contributed by atoms with E-state index in [2.05, 4.69) is 4.98 Å². The van der Waals surface area contributed by atoms with Crippen LogP contribution in [0.2, 0.25) is 0 Å². The van der Waals surface area contributed by atoms with Crippen LogP contribution >= 0.6 is 0 Å². The van der Waals surface area contributed by atoms with Crippen LogP contribution in [0.1, 0.15) is 18.4 Å². The van der Waals surface area contributed by atoms with Gasteiger partial charge in [-0.2, -0.15) is 0 Å². The molecule has 70 valence electrons. The smallest absolute Gasteiger partial charge is 0.338 e. The van der Waals surface area contributed by atoms with E-state index in [-0.39, 0.29) is 0 Å². The number of rotatable bonds is 3. The van der Waals surface area contributed by atoms with Crippen LogP contribution < -0.4 is 0 Å². The van der Waals surface area contributed by atoms with Gasteiger partial charge in [0.1, 0.15) is 0 Å². The van der Waals surface area contributed by atoms with Crippen LogP contribution in [0.3, 0.4) is 0 Å². The number of aliphatic carboxylic acids is 1. The number of pyridine rings is 1. The highest BCUT2D eigenvalue weighted by molar-refractivity contribution is 5.73. The van der Waals surface area contributed by atoms with Crippen molar-refractivity contribution in [1.82, 2.24) is 4.98 Å². The summed E-state index contributed by atoms with van der Waals surface area (Å²) >= 11 is 0. The van der Waals surface area contributed by atoms with Crippen LogP contribution in [-0.2, 0) is 4.79 Å². The van der Waals surface area contributed by atoms with E-state index in [1.807, 2.05) is 0 Å². The largest absolute Gasteiger partial charge is 0.479 e. The fraction of sp³-hybridized carbons (Fsp3) is 0.333. The minimum Gasteiger partial charge on any atom is -0.479 e. The summed E-state index contributed by atoms with van der Waals surface area (Å²) in [4.78, 5) is 14.1. The first-order valence-corrected chi connectivity index (χ1v) is 3.89. The molecule has 0 aliphatic carbocycles. The Hall–Kier alpha value is -1.45. The van der Waals surface area contributed by atoms with Crippen molar-refractivity contribution in [3.8, 4) is 0 Å². The molecule has 0 amide bonds. The molecule has 1 aromatic rings. The molecule has 0 bridgehead atoms. The van der Waals surface area contributed by atoms with Crippen molar-refractivity contribution in [1.29, 1.82) is 0 Å². The molecule has 1 heterocycles. The lowest BCUT2D eigenvalue weighted by molar-refractivity contribution is -0.143. The second kappa shape index (κ2) is 3.98. The van der Waals surface area contributed by atoms with Gasteiger partial charge >= 0.3 is 5.97 Å². The van der Waals surface area contributed by atoms with E-state index in [4.69, 9.17) is 5.11 Å². The minimum absolute atomic E-state index is 0.595. The second-order valence-corrected chi connectivity index (χ2v) is 2.82. The van der Waals surface area contributed by atoms with E-state index in [1.165, 1.54) is 13.1 Å². The van der Waals surface area contributed by atoms with Gasteiger partial charge < -0.3 is 5.11 Å². The summed E-state index contributed by atoms with van der Waals surface area (Å²) in [7, 11) is 0. The van der Waals surface area contributed by atoms with E-state index < -0.39 is 18.1 Å². The van der Waals surface area contributed by atoms with Gasteiger partial charge in [0.15, 0.2) is 0 Å². The molecule has 0 fully saturated rings. The second-order valence-electron chi connectivity index (χ2n) is 2.82. The molecular weight excluding hydrogens is 173 g/mol. The van der Waals surface area contributed by atoms with E-state index in [1.54, 1.807) is 18.3 Å². The fourth-order valence-corrected chi connectivity index (χ4v) is 1.03. The van der Waals surface area contributed by atoms with Crippen molar-refractivity contribution < 1.29 is 14.3 Å². The van der Waals surface area contributed by atoms with Crippen LogP contribution in [0.15, 0.2) is 24.5 Å². The summed E-state index contributed by atoms with van der Waals surface area (Å²) in [5, 5.41) is 8.42. The van der Waals surface area contributed by atoms with Crippen molar-refractivity contribution in [3.05, 3.63) is 30.1 Å². The predicted octanol–water partition coefficient (Wildman–Crippen LogP) is 1.61. The van der Waals surface area contributed by atoms with E-state index in [9.17, 15) is 9.18 Å². The molecule has 1 aromatic heterocycles. The fourth-order valence-electron chi connectivity index (χ4n) is 1.03. The molecule has 1 rings (SSSR count). The van der Waals surface area contributed by atoms with Gasteiger partial charge in [-0.05, 0) is 11.6 Å². The number of alkyl halides is 1. The summed E-state index contributed by atoms with van der Waals surface area (Å²) in [6.45, 7) is 1.52. The first-order valence-electron chi connectivity index (χ1n) is 3.89. The standard InChI is InChI=1S/C9H10FNO2/c1-6(8(10)9(12)13)7-3-2-4-11-5-7/h2-6,8H,1H3,(H,12,13). The zero-order valence-corrected chi connectivity index (χ0v) is 7.14. The molecule has 0 aliphatic rings. The molecule has 4 heteroatoms. The Kier molecular flexibility index (Phi) is 2.95. The number of nitrogens with zero attached hydrogens (tertiary/aromatic N) is 1. The summed E-state index contributed by atoms with van der Waals surface area (Å²) in [5.41, 5.74) is 0.595. The molecule has 2 unspecified atom stereocenters. The third-order valence-electron chi connectivity index (χ3n) is 1.89. The Morgan fingerprint density at radius 2 is 2.38 bits per heavy atom. The average Bonchev–Trinajstić information content (AvgIpc) is 2.17. The van der Waals surface area contributed by atoms with E-state index in [0.717, 1.165) is 0 Å². The maximum absolute atomic E-state index is 13.0. The number of aromatic nitrogens is 1. The molecular formula is C9H10FNO2. The van der Waals surface area contributed by atoms with Crippen LogP contribution in [0.4, 0.5) is 4.39 Å². The number of carboxylic acids is 1. The molecule has 2 atom stereocenters. The first-order chi connectivity index (χ1) is 6.13. The molecule has 0 spiro atoms. The summed E-state index contributed by atoms with van der Waals surface area (Å²) < 4.78 is 13.0. The highest BCUT2D eigenvalue weighted by Crippen LogP contribution is 2.20. The maximum atomic E-state index is 13.0. The number of carbonyl (C=O) groups is 1. The average molecular weight is 183 g/mol. The summed E-state index contributed by atoms with van der Waals surface area (Å²) in [6.07, 6.45) is 1.16. The molecule has 13 heavy (non-hydrogen) atoms. The van der Waals surface area contributed by atoms with Gasteiger partial charge in [0.05, 0.1) is 0 Å². The normalized spacial score (nSPS) is 14.9. The Morgan fingerprint density at radius 1 is 1.69 bits per heavy atom. The lowest BCUT2D eigenvalue weighted by Gasteiger charge is -2.12. The molecule has 0 aliphatic heterocycles. The van der Waals surface area contributed by atoms with Crippen LogP contribution in [0, 0.1) is 0 Å². The third-order valence-corrected chi connectivity index (χ3v) is 1.89. The van der Waals surface area contributed by atoms with Crippen molar-refractivity contribution in [2.45, 2.75) is 19.0 Å². The van der Waals surface area contributed by atoms with Crippen LogP contribution in [0.25, 0.3) is 0 Å². The Balaban J connectivity index is 2.79. The topological polar surface area (TPSA) is 50.2 Å². The van der Waals surface area contributed by atoms with Crippen molar-refractivity contribution in [2.24, 2.45) is 0 Å². The highest BCUT2D eigenvalue weighted by Gasteiger charge is 2.24. The lowest BCUT2D eigenvalue weighted by atomic mass is 9.98. The first kappa shape index (κ1) is 9.64. The Labute approximate surface area is 75.2 Å². The van der Waals surface area contributed by atoms with Gasteiger partial charge in [-0.1, -0.05) is 13.0 Å². The van der Waals surface area contributed by atoms with Gasteiger partial charge in [-0.15, -0.1) is 0 Å². The van der Waals surface area contributed by atoms with Crippen LogP contribution in [-0.4, -0.2) is 22.2 Å². The number of hydrogen-bond acceptors (Lipinski definition) is 2. The quantitative estimate of drug-likeness (QED) is 0.774. The van der Waals surface area contributed by atoms with Gasteiger partial charge in [-0.25, -0.2) is 9.18 Å².